The van der Waals surface area contributed by atoms with Crippen LogP contribution in [-0.2, 0) is 0 Å². The lowest BCUT2D eigenvalue weighted by Crippen LogP contribution is -2.13. The number of nitrogens with two attached hydrogens (primary N) is 1. The van der Waals surface area contributed by atoms with E-state index in [9.17, 15) is 5.11 Å². The largest absolute Gasteiger partial charge is 0.508 e. The molecule has 0 bridgehead atoms. The molecule has 0 heterocycles. The van der Waals surface area contributed by atoms with Crippen molar-refractivity contribution in [1.82, 2.24) is 0 Å². The summed E-state index contributed by atoms with van der Waals surface area (Å²) >= 11 is 0. The standard InChI is InChI=1S/C14H23NO/c1-9(2)7-13(15)12-8-11(10(3)4)5-6-14(12)16/h5-6,8-10,13,16H,7,15H2,1-4H3. The van der Waals surface area contributed by atoms with Crippen molar-refractivity contribution in [3.8, 4) is 5.75 Å². The summed E-state index contributed by atoms with van der Waals surface area (Å²) in [5.41, 5.74) is 8.21. The highest BCUT2D eigenvalue weighted by Gasteiger charge is 2.14. The number of phenols is 1. The van der Waals surface area contributed by atoms with Crippen molar-refractivity contribution in [3.63, 3.8) is 0 Å². The smallest absolute Gasteiger partial charge is 0.120 e. The Morgan fingerprint density at radius 3 is 2.31 bits per heavy atom. The van der Waals surface area contributed by atoms with Gasteiger partial charge >= 0.3 is 0 Å². The van der Waals surface area contributed by atoms with Gasteiger partial charge in [0, 0.05) is 11.6 Å². The molecule has 2 heteroatoms. The lowest BCUT2D eigenvalue weighted by atomic mass is 9.93. The summed E-state index contributed by atoms with van der Waals surface area (Å²) in [7, 11) is 0. The number of aromatic hydroxyl groups is 1. The molecule has 1 atom stereocenters. The third-order valence-corrected chi connectivity index (χ3v) is 2.84. The highest BCUT2D eigenvalue weighted by Crippen LogP contribution is 2.30. The SMILES string of the molecule is CC(C)CC(N)c1cc(C(C)C)ccc1O. The zero-order valence-corrected chi connectivity index (χ0v) is 10.7. The second kappa shape index (κ2) is 5.35. The second-order valence-electron chi connectivity index (χ2n) is 5.21. The number of phenolic OH excluding ortho intramolecular Hbond substituents is 1. The molecule has 0 aliphatic carbocycles. The lowest BCUT2D eigenvalue weighted by Gasteiger charge is -2.17. The van der Waals surface area contributed by atoms with Gasteiger partial charge in [0.05, 0.1) is 0 Å². The minimum absolute atomic E-state index is 0.0706. The van der Waals surface area contributed by atoms with Crippen molar-refractivity contribution in [2.75, 3.05) is 0 Å². The molecular weight excluding hydrogens is 198 g/mol. The molecule has 16 heavy (non-hydrogen) atoms. The summed E-state index contributed by atoms with van der Waals surface area (Å²) in [6, 6.07) is 5.68. The number of benzene rings is 1. The van der Waals surface area contributed by atoms with E-state index in [0.717, 1.165) is 12.0 Å². The van der Waals surface area contributed by atoms with E-state index in [1.54, 1.807) is 6.07 Å². The maximum Gasteiger partial charge on any atom is 0.120 e. The van der Waals surface area contributed by atoms with Gasteiger partial charge < -0.3 is 10.8 Å². The maximum absolute atomic E-state index is 9.82. The number of hydrogen-bond donors (Lipinski definition) is 2. The van der Waals surface area contributed by atoms with Crippen molar-refractivity contribution >= 4 is 0 Å². The molecule has 0 saturated carbocycles. The van der Waals surface area contributed by atoms with Gasteiger partial charge in [0.1, 0.15) is 5.75 Å². The fourth-order valence-corrected chi connectivity index (χ4v) is 1.86. The molecule has 2 nitrogen and oxygen atoms in total. The molecule has 0 radical (unpaired) electrons. The van der Waals surface area contributed by atoms with Gasteiger partial charge in [-0.1, -0.05) is 39.8 Å². The minimum Gasteiger partial charge on any atom is -0.508 e. The Morgan fingerprint density at radius 2 is 1.81 bits per heavy atom. The van der Waals surface area contributed by atoms with Gasteiger partial charge in [0.25, 0.3) is 0 Å². The average molecular weight is 221 g/mol. The van der Waals surface area contributed by atoms with Crippen LogP contribution in [0.5, 0.6) is 5.75 Å². The molecule has 0 aliphatic rings. The van der Waals surface area contributed by atoms with Gasteiger partial charge in [-0.05, 0) is 29.9 Å². The van der Waals surface area contributed by atoms with Gasteiger partial charge in [-0.2, -0.15) is 0 Å². The summed E-state index contributed by atoms with van der Waals surface area (Å²) in [5, 5.41) is 9.82. The second-order valence-corrected chi connectivity index (χ2v) is 5.21. The zero-order chi connectivity index (χ0) is 12.3. The third kappa shape index (κ3) is 3.24. The van der Waals surface area contributed by atoms with E-state index in [4.69, 9.17) is 5.73 Å². The average Bonchev–Trinajstić information content (AvgIpc) is 2.16. The summed E-state index contributed by atoms with van der Waals surface area (Å²) in [6.45, 7) is 8.57. The van der Waals surface area contributed by atoms with Crippen LogP contribution >= 0.6 is 0 Å². The van der Waals surface area contributed by atoms with Crippen LogP contribution in [0.3, 0.4) is 0 Å². The summed E-state index contributed by atoms with van der Waals surface area (Å²) in [4.78, 5) is 0. The zero-order valence-electron chi connectivity index (χ0n) is 10.7. The molecule has 1 unspecified atom stereocenters. The molecule has 0 saturated heterocycles. The molecule has 1 rings (SSSR count). The summed E-state index contributed by atoms with van der Waals surface area (Å²) in [6.07, 6.45) is 0.898. The fourth-order valence-electron chi connectivity index (χ4n) is 1.86. The van der Waals surface area contributed by atoms with Crippen LogP contribution in [-0.4, -0.2) is 5.11 Å². The van der Waals surface area contributed by atoms with E-state index in [-0.39, 0.29) is 6.04 Å². The topological polar surface area (TPSA) is 46.2 Å². The molecular formula is C14H23NO. The molecule has 1 aromatic rings. The Hall–Kier alpha value is -1.02. The van der Waals surface area contributed by atoms with Crippen LogP contribution in [0, 0.1) is 5.92 Å². The van der Waals surface area contributed by atoms with Gasteiger partial charge in [0.2, 0.25) is 0 Å². The van der Waals surface area contributed by atoms with Crippen LogP contribution < -0.4 is 5.73 Å². The summed E-state index contributed by atoms with van der Waals surface area (Å²) < 4.78 is 0. The molecule has 0 aliphatic heterocycles. The first kappa shape index (κ1) is 13.0. The first-order valence-electron chi connectivity index (χ1n) is 6.00. The third-order valence-electron chi connectivity index (χ3n) is 2.84. The van der Waals surface area contributed by atoms with Crippen LogP contribution in [0.15, 0.2) is 18.2 Å². The van der Waals surface area contributed by atoms with Crippen molar-refractivity contribution in [1.29, 1.82) is 0 Å². The molecule has 3 N–H and O–H groups in total. The quantitative estimate of drug-likeness (QED) is 0.816. The highest BCUT2D eigenvalue weighted by atomic mass is 16.3. The van der Waals surface area contributed by atoms with Crippen LogP contribution in [0.1, 0.15) is 57.2 Å². The Balaban J connectivity index is 2.97. The van der Waals surface area contributed by atoms with E-state index in [0.29, 0.717) is 17.6 Å². The summed E-state index contributed by atoms with van der Waals surface area (Å²) in [5.74, 6) is 1.32. The normalized spacial score (nSPS) is 13.4. The number of rotatable bonds is 4. The maximum atomic E-state index is 9.82. The molecule has 90 valence electrons. The number of hydrogen-bond acceptors (Lipinski definition) is 2. The van der Waals surface area contributed by atoms with E-state index >= 15 is 0 Å². The van der Waals surface area contributed by atoms with E-state index in [1.807, 2.05) is 12.1 Å². The molecule has 0 amide bonds. The van der Waals surface area contributed by atoms with Crippen LogP contribution in [0.4, 0.5) is 0 Å². The fraction of sp³-hybridized carbons (Fsp3) is 0.571. The van der Waals surface area contributed by atoms with Crippen molar-refractivity contribution in [2.24, 2.45) is 11.7 Å². The Kier molecular flexibility index (Phi) is 4.36. The van der Waals surface area contributed by atoms with Crippen molar-refractivity contribution in [2.45, 2.75) is 46.1 Å². The monoisotopic (exact) mass is 221 g/mol. The van der Waals surface area contributed by atoms with Crippen molar-refractivity contribution < 1.29 is 5.11 Å². The van der Waals surface area contributed by atoms with Crippen LogP contribution in [0.25, 0.3) is 0 Å². The predicted molar refractivity (Wildman–Crippen MR) is 68.6 cm³/mol. The molecule has 0 spiro atoms. The van der Waals surface area contributed by atoms with Crippen LogP contribution in [0.2, 0.25) is 0 Å². The highest BCUT2D eigenvalue weighted by molar-refractivity contribution is 5.39. The first-order valence-corrected chi connectivity index (χ1v) is 6.00. The first-order chi connectivity index (χ1) is 7.41. The van der Waals surface area contributed by atoms with Gasteiger partial charge in [0.15, 0.2) is 0 Å². The minimum atomic E-state index is -0.0706. The molecule has 0 aromatic heterocycles. The van der Waals surface area contributed by atoms with E-state index in [2.05, 4.69) is 27.7 Å². The molecule has 1 aromatic carbocycles. The Labute approximate surface area is 98.5 Å². The predicted octanol–water partition coefficient (Wildman–Crippen LogP) is 3.56. The van der Waals surface area contributed by atoms with Gasteiger partial charge in [-0.25, -0.2) is 0 Å². The van der Waals surface area contributed by atoms with Gasteiger partial charge in [-0.3, -0.25) is 0 Å². The lowest BCUT2D eigenvalue weighted by molar-refractivity contribution is 0.444. The van der Waals surface area contributed by atoms with Gasteiger partial charge in [-0.15, -0.1) is 0 Å². The Bertz CT molecular complexity index is 345. The van der Waals surface area contributed by atoms with E-state index in [1.165, 1.54) is 5.56 Å². The Morgan fingerprint density at radius 1 is 1.19 bits per heavy atom. The van der Waals surface area contributed by atoms with Crippen molar-refractivity contribution in [3.05, 3.63) is 29.3 Å². The molecule has 0 fully saturated rings. The van der Waals surface area contributed by atoms with E-state index < -0.39 is 0 Å².